The number of para-hydroxylation sites is 1. The second kappa shape index (κ2) is 8.47. The highest BCUT2D eigenvalue weighted by molar-refractivity contribution is 6.08. The lowest BCUT2D eigenvalue weighted by atomic mass is 10.1. The van der Waals surface area contributed by atoms with Gasteiger partial charge in [0, 0.05) is 12.6 Å². The highest BCUT2D eigenvalue weighted by atomic mass is 19.4. The van der Waals surface area contributed by atoms with Crippen LogP contribution in [-0.4, -0.2) is 34.3 Å². The molecule has 2 N–H and O–H groups in total. The predicted molar refractivity (Wildman–Crippen MR) is 91.6 cm³/mol. The number of anilines is 1. The van der Waals surface area contributed by atoms with Crippen LogP contribution in [0.3, 0.4) is 0 Å². The van der Waals surface area contributed by atoms with Gasteiger partial charge in [0.15, 0.2) is 0 Å². The van der Waals surface area contributed by atoms with Crippen molar-refractivity contribution in [2.45, 2.75) is 26.1 Å². The fraction of sp³-hybridized carbons (Fsp3) is 0.294. The molecule has 0 atom stereocenters. The Morgan fingerprint density at radius 1 is 1.11 bits per heavy atom. The first kappa shape index (κ1) is 20.1. The molecule has 0 radical (unpaired) electrons. The molecule has 0 aliphatic carbocycles. The second-order valence-corrected chi connectivity index (χ2v) is 5.58. The molecule has 1 heterocycles. The molecule has 2 amide bonds. The molecule has 144 valence electrons. The number of halogens is 3. The number of hydrogen-bond acceptors (Lipinski definition) is 4. The average Bonchev–Trinajstić information content (AvgIpc) is 2.61. The van der Waals surface area contributed by atoms with Gasteiger partial charge in [-0.05, 0) is 24.6 Å². The standard InChI is InChI=1S/C17H17F3N4O3/c1-2-9-24-14(25)8-7-13(23-24)16(27)22-12-6-4-3-5-11(12)15(26)21-10-17(18,19)20/h3-8H,2,9-10H2,1H3,(H,21,26)(H,22,27). The molecule has 0 saturated heterocycles. The van der Waals surface area contributed by atoms with Gasteiger partial charge in [0.25, 0.3) is 17.4 Å². The van der Waals surface area contributed by atoms with Gasteiger partial charge >= 0.3 is 6.18 Å². The monoisotopic (exact) mass is 382 g/mol. The van der Waals surface area contributed by atoms with Crippen LogP contribution in [0.4, 0.5) is 18.9 Å². The van der Waals surface area contributed by atoms with Crippen molar-refractivity contribution in [3.05, 3.63) is 58.0 Å². The highest BCUT2D eigenvalue weighted by Crippen LogP contribution is 2.17. The second-order valence-electron chi connectivity index (χ2n) is 5.58. The largest absolute Gasteiger partial charge is 0.405 e. The zero-order chi connectivity index (χ0) is 20.0. The molecule has 27 heavy (non-hydrogen) atoms. The summed E-state index contributed by atoms with van der Waals surface area (Å²) in [5, 5.41) is 8.13. The van der Waals surface area contributed by atoms with Crippen LogP contribution in [0.5, 0.6) is 0 Å². The number of aromatic nitrogens is 2. The fourth-order valence-electron chi connectivity index (χ4n) is 2.19. The van der Waals surface area contributed by atoms with E-state index in [2.05, 4.69) is 10.4 Å². The van der Waals surface area contributed by atoms with E-state index in [1.54, 1.807) is 5.32 Å². The molecule has 0 aliphatic heterocycles. The molecule has 1 aromatic heterocycles. The molecule has 0 unspecified atom stereocenters. The quantitative estimate of drug-likeness (QED) is 0.801. The average molecular weight is 382 g/mol. The molecular formula is C17H17F3N4O3. The van der Waals surface area contributed by atoms with Gasteiger partial charge in [0.1, 0.15) is 12.2 Å². The molecule has 1 aromatic carbocycles. The number of aryl methyl sites for hydroxylation is 1. The van der Waals surface area contributed by atoms with Gasteiger partial charge < -0.3 is 10.6 Å². The maximum atomic E-state index is 12.4. The molecule has 2 aromatic rings. The van der Waals surface area contributed by atoms with E-state index in [9.17, 15) is 27.6 Å². The lowest BCUT2D eigenvalue weighted by molar-refractivity contribution is -0.123. The van der Waals surface area contributed by atoms with Crippen LogP contribution in [0.1, 0.15) is 34.2 Å². The zero-order valence-electron chi connectivity index (χ0n) is 14.3. The van der Waals surface area contributed by atoms with Crippen LogP contribution in [0, 0.1) is 0 Å². The van der Waals surface area contributed by atoms with Crippen molar-refractivity contribution in [3.8, 4) is 0 Å². The Morgan fingerprint density at radius 3 is 2.48 bits per heavy atom. The molecule has 10 heteroatoms. The Bertz CT molecular complexity index is 893. The van der Waals surface area contributed by atoms with E-state index in [-0.39, 0.29) is 22.5 Å². The van der Waals surface area contributed by atoms with Crippen molar-refractivity contribution in [2.75, 3.05) is 11.9 Å². The lowest BCUT2D eigenvalue weighted by Gasteiger charge is -2.12. The molecule has 0 spiro atoms. The van der Waals surface area contributed by atoms with Crippen LogP contribution in [0.2, 0.25) is 0 Å². The van der Waals surface area contributed by atoms with E-state index in [4.69, 9.17) is 0 Å². The first-order valence-electron chi connectivity index (χ1n) is 8.05. The number of amides is 2. The summed E-state index contributed by atoms with van der Waals surface area (Å²) in [6.07, 6.45) is -3.91. The van der Waals surface area contributed by atoms with Gasteiger partial charge in [-0.3, -0.25) is 14.4 Å². The van der Waals surface area contributed by atoms with Crippen molar-refractivity contribution in [1.29, 1.82) is 0 Å². The Labute approximate surface area is 152 Å². The highest BCUT2D eigenvalue weighted by Gasteiger charge is 2.28. The normalized spacial score (nSPS) is 11.1. The minimum Gasteiger partial charge on any atom is -0.343 e. The summed E-state index contributed by atoms with van der Waals surface area (Å²) < 4.78 is 38.0. The van der Waals surface area contributed by atoms with Crippen molar-refractivity contribution in [1.82, 2.24) is 15.1 Å². The van der Waals surface area contributed by atoms with Gasteiger partial charge in [-0.1, -0.05) is 19.1 Å². The number of nitrogens with one attached hydrogen (secondary N) is 2. The van der Waals surface area contributed by atoms with Crippen molar-refractivity contribution in [2.24, 2.45) is 0 Å². The van der Waals surface area contributed by atoms with E-state index in [1.807, 2.05) is 6.92 Å². The molecule has 2 rings (SSSR count). The summed E-state index contributed by atoms with van der Waals surface area (Å²) in [5.74, 6) is -1.68. The van der Waals surface area contributed by atoms with E-state index < -0.39 is 24.5 Å². The summed E-state index contributed by atoms with van der Waals surface area (Å²) in [6.45, 7) is 0.685. The van der Waals surface area contributed by atoms with Crippen LogP contribution < -0.4 is 16.2 Å². The van der Waals surface area contributed by atoms with Gasteiger partial charge in [0.05, 0.1) is 11.3 Å². The van der Waals surface area contributed by atoms with E-state index >= 15 is 0 Å². The molecule has 0 aliphatic rings. The number of rotatable bonds is 6. The van der Waals surface area contributed by atoms with Crippen LogP contribution in [0.15, 0.2) is 41.2 Å². The number of benzene rings is 1. The summed E-state index contributed by atoms with van der Waals surface area (Å²) in [7, 11) is 0. The molecule has 7 nitrogen and oxygen atoms in total. The SMILES string of the molecule is CCCn1nc(C(=O)Nc2ccccc2C(=O)NCC(F)(F)F)ccc1=O. The third kappa shape index (κ3) is 5.66. The fourth-order valence-corrected chi connectivity index (χ4v) is 2.19. The Balaban J connectivity index is 2.20. The van der Waals surface area contributed by atoms with E-state index in [0.29, 0.717) is 13.0 Å². The van der Waals surface area contributed by atoms with Crippen LogP contribution in [-0.2, 0) is 6.54 Å². The van der Waals surface area contributed by atoms with E-state index in [1.165, 1.54) is 36.4 Å². The minimum absolute atomic E-state index is 0.0252. The first-order valence-corrected chi connectivity index (χ1v) is 8.05. The Kier molecular flexibility index (Phi) is 6.32. The molecule has 0 fully saturated rings. The van der Waals surface area contributed by atoms with Gasteiger partial charge in [-0.15, -0.1) is 0 Å². The summed E-state index contributed by atoms with van der Waals surface area (Å²) >= 11 is 0. The zero-order valence-corrected chi connectivity index (χ0v) is 14.3. The number of carbonyl (C=O) groups excluding carboxylic acids is 2. The number of hydrogen-bond donors (Lipinski definition) is 2. The predicted octanol–water partition coefficient (Wildman–Crippen LogP) is 2.20. The molecular weight excluding hydrogens is 365 g/mol. The minimum atomic E-state index is -4.55. The van der Waals surface area contributed by atoms with Gasteiger partial charge in [-0.2, -0.15) is 18.3 Å². The number of carbonyl (C=O) groups is 2. The third-order valence-corrected chi connectivity index (χ3v) is 3.40. The smallest absolute Gasteiger partial charge is 0.343 e. The summed E-state index contributed by atoms with van der Waals surface area (Å²) in [6, 6.07) is 8.06. The van der Waals surface area contributed by atoms with Crippen molar-refractivity contribution >= 4 is 17.5 Å². The summed E-state index contributed by atoms with van der Waals surface area (Å²) in [5.41, 5.74) is -0.525. The van der Waals surface area contributed by atoms with Crippen molar-refractivity contribution < 1.29 is 22.8 Å². The molecule has 0 saturated carbocycles. The topological polar surface area (TPSA) is 93.1 Å². The van der Waals surface area contributed by atoms with Crippen LogP contribution >= 0.6 is 0 Å². The number of alkyl halides is 3. The van der Waals surface area contributed by atoms with E-state index in [0.717, 1.165) is 4.68 Å². The molecule has 0 bridgehead atoms. The van der Waals surface area contributed by atoms with Crippen molar-refractivity contribution in [3.63, 3.8) is 0 Å². The van der Waals surface area contributed by atoms with Gasteiger partial charge in [0.2, 0.25) is 0 Å². The first-order chi connectivity index (χ1) is 12.7. The maximum Gasteiger partial charge on any atom is 0.405 e. The Morgan fingerprint density at radius 2 is 1.81 bits per heavy atom. The van der Waals surface area contributed by atoms with Crippen LogP contribution in [0.25, 0.3) is 0 Å². The van der Waals surface area contributed by atoms with Gasteiger partial charge in [-0.25, -0.2) is 4.68 Å². The maximum absolute atomic E-state index is 12.4. The number of nitrogens with zero attached hydrogens (tertiary/aromatic N) is 2. The summed E-state index contributed by atoms with van der Waals surface area (Å²) in [4.78, 5) is 36.0. The third-order valence-electron chi connectivity index (χ3n) is 3.40. The lowest BCUT2D eigenvalue weighted by Crippen LogP contribution is -2.34. The Hall–Kier alpha value is -3.17.